The molecule has 1 aliphatic heterocycles. The Bertz CT molecular complexity index is 339. The van der Waals surface area contributed by atoms with Crippen molar-refractivity contribution >= 4 is 5.95 Å². The fourth-order valence-electron chi connectivity index (χ4n) is 2.13. The molecule has 2 rings (SSSR count). The maximum absolute atomic E-state index is 5.66. The van der Waals surface area contributed by atoms with Gasteiger partial charge >= 0.3 is 0 Å². The third-order valence-electron chi connectivity index (χ3n) is 3.13. The number of nitrogens with zero attached hydrogens (tertiary/aromatic N) is 3. The lowest BCUT2D eigenvalue weighted by Crippen LogP contribution is -2.46. The fraction of sp³-hybridized carbons (Fsp3) is 0.750. The molecular formula is C12H22N4O. The van der Waals surface area contributed by atoms with E-state index < -0.39 is 0 Å². The summed E-state index contributed by atoms with van der Waals surface area (Å²) in [7, 11) is 0. The number of aromatic nitrogens is 2. The van der Waals surface area contributed by atoms with Gasteiger partial charge < -0.3 is 19.9 Å². The van der Waals surface area contributed by atoms with E-state index in [1.165, 1.54) is 12.8 Å². The lowest BCUT2D eigenvalue weighted by atomic mass is 10.3. The van der Waals surface area contributed by atoms with Crippen molar-refractivity contribution in [1.29, 1.82) is 0 Å². The molecule has 0 saturated carbocycles. The number of rotatable bonds is 5. The van der Waals surface area contributed by atoms with Crippen molar-refractivity contribution in [3.63, 3.8) is 0 Å². The Morgan fingerprint density at radius 2 is 2.47 bits per heavy atom. The van der Waals surface area contributed by atoms with Gasteiger partial charge in [0.2, 0.25) is 5.95 Å². The van der Waals surface area contributed by atoms with Crippen molar-refractivity contribution in [2.24, 2.45) is 5.73 Å². The number of morpholine rings is 1. The predicted molar refractivity (Wildman–Crippen MR) is 68.1 cm³/mol. The summed E-state index contributed by atoms with van der Waals surface area (Å²) < 4.78 is 7.80. The van der Waals surface area contributed by atoms with Crippen molar-refractivity contribution in [1.82, 2.24) is 9.55 Å². The molecule has 0 aromatic carbocycles. The molecule has 0 amide bonds. The van der Waals surface area contributed by atoms with E-state index in [0.717, 1.165) is 32.2 Å². The highest BCUT2D eigenvalue weighted by Gasteiger charge is 2.22. The summed E-state index contributed by atoms with van der Waals surface area (Å²) in [6.07, 6.45) is 6.45. The van der Waals surface area contributed by atoms with Gasteiger partial charge in [0.15, 0.2) is 0 Å². The Labute approximate surface area is 103 Å². The van der Waals surface area contributed by atoms with Crippen LogP contribution in [0.1, 0.15) is 19.8 Å². The highest BCUT2D eigenvalue weighted by molar-refractivity contribution is 5.32. The van der Waals surface area contributed by atoms with Crippen LogP contribution in [0.2, 0.25) is 0 Å². The van der Waals surface area contributed by atoms with Crippen LogP contribution in [0.5, 0.6) is 0 Å². The molecule has 1 unspecified atom stereocenters. The third kappa shape index (κ3) is 2.98. The number of ether oxygens (including phenoxy) is 1. The summed E-state index contributed by atoms with van der Waals surface area (Å²) in [5, 5.41) is 0. The van der Waals surface area contributed by atoms with Gasteiger partial charge in [0, 0.05) is 38.6 Å². The molecule has 96 valence electrons. The van der Waals surface area contributed by atoms with Gasteiger partial charge in [-0.1, -0.05) is 13.3 Å². The highest BCUT2D eigenvalue weighted by atomic mass is 16.5. The van der Waals surface area contributed by atoms with E-state index in [-0.39, 0.29) is 6.10 Å². The minimum absolute atomic E-state index is 0.139. The van der Waals surface area contributed by atoms with E-state index in [4.69, 9.17) is 10.5 Å². The fourth-order valence-corrected chi connectivity index (χ4v) is 2.13. The summed E-state index contributed by atoms with van der Waals surface area (Å²) in [5.74, 6) is 1.06. The first-order valence-electron chi connectivity index (χ1n) is 6.43. The molecule has 1 saturated heterocycles. The Morgan fingerprint density at radius 3 is 3.24 bits per heavy atom. The summed E-state index contributed by atoms with van der Waals surface area (Å²) in [6, 6.07) is 0. The van der Waals surface area contributed by atoms with Gasteiger partial charge in [-0.3, -0.25) is 0 Å². The van der Waals surface area contributed by atoms with Crippen molar-refractivity contribution in [2.45, 2.75) is 32.4 Å². The monoisotopic (exact) mass is 238 g/mol. The third-order valence-corrected chi connectivity index (χ3v) is 3.13. The van der Waals surface area contributed by atoms with Crippen LogP contribution < -0.4 is 10.6 Å². The molecule has 5 heteroatoms. The van der Waals surface area contributed by atoms with Crippen LogP contribution in [-0.4, -0.2) is 41.9 Å². The van der Waals surface area contributed by atoms with Crippen LogP contribution >= 0.6 is 0 Å². The molecule has 0 bridgehead atoms. The summed E-state index contributed by atoms with van der Waals surface area (Å²) >= 11 is 0. The first-order chi connectivity index (χ1) is 8.35. The van der Waals surface area contributed by atoms with Crippen LogP contribution in [0.25, 0.3) is 0 Å². The Morgan fingerprint density at radius 1 is 1.59 bits per heavy atom. The van der Waals surface area contributed by atoms with E-state index >= 15 is 0 Å². The van der Waals surface area contributed by atoms with Gasteiger partial charge in [0.1, 0.15) is 0 Å². The molecule has 1 fully saturated rings. The average molecular weight is 238 g/mol. The zero-order valence-corrected chi connectivity index (χ0v) is 10.5. The van der Waals surface area contributed by atoms with E-state index in [0.29, 0.717) is 6.54 Å². The maximum atomic E-state index is 5.66. The number of imidazole rings is 1. The molecule has 0 spiro atoms. The van der Waals surface area contributed by atoms with Gasteiger partial charge in [0.05, 0.1) is 12.7 Å². The second-order valence-electron chi connectivity index (χ2n) is 4.45. The molecule has 2 N–H and O–H groups in total. The molecular weight excluding hydrogens is 216 g/mol. The minimum Gasteiger partial charge on any atom is -0.373 e. The van der Waals surface area contributed by atoms with Crippen molar-refractivity contribution in [2.75, 3.05) is 31.1 Å². The molecule has 1 aliphatic rings. The zero-order valence-electron chi connectivity index (χ0n) is 10.5. The Hall–Kier alpha value is -1.07. The molecule has 1 aromatic heterocycles. The van der Waals surface area contributed by atoms with Crippen molar-refractivity contribution in [3.8, 4) is 0 Å². The second kappa shape index (κ2) is 6.02. The van der Waals surface area contributed by atoms with Crippen LogP contribution in [0, 0.1) is 0 Å². The lowest BCUT2D eigenvalue weighted by molar-refractivity contribution is 0.0457. The molecule has 0 radical (unpaired) electrons. The van der Waals surface area contributed by atoms with E-state index in [1.54, 1.807) is 0 Å². The van der Waals surface area contributed by atoms with Crippen LogP contribution in [0.15, 0.2) is 12.4 Å². The van der Waals surface area contributed by atoms with Gasteiger partial charge in [0.25, 0.3) is 0 Å². The highest BCUT2D eigenvalue weighted by Crippen LogP contribution is 2.16. The molecule has 2 heterocycles. The number of hydrogen-bond donors (Lipinski definition) is 1. The van der Waals surface area contributed by atoms with Crippen molar-refractivity contribution in [3.05, 3.63) is 12.4 Å². The Kier molecular flexibility index (Phi) is 4.39. The van der Waals surface area contributed by atoms with E-state index in [2.05, 4.69) is 27.6 Å². The SMILES string of the molecule is CCCCn1ccnc1N1CCOC(CN)C1. The molecule has 1 atom stereocenters. The topological polar surface area (TPSA) is 56.3 Å². The maximum Gasteiger partial charge on any atom is 0.205 e. The van der Waals surface area contributed by atoms with E-state index in [1.807, 2.05) is 6.20 Å². The normalized spacial score (nSPS) is 20.8. The minimum atomic E-state index is 0.139. The van der Waals surface area contributed by atoms with Crippen LogP contribution in [-0.2, 0) is 11.3 Å². The van der Waals surface area contributed by atoms with Crippen molar-refractivity contribution < 1.29 is 4.74 Å². The number of aryl methyl sites for hydroxylation is 1. The summed E-state index contributed by atoms with van der Waals surface area (Å²) in [6.45, 7) is 6.31. The van der Waals surface area contributed by atoms with Gasteiger partial charge in [-0.05, 0) is 6.42 Å². The first kappa shape index (κ1) is 12.4. The first-order valence-corrected chi connectivity index (χ1v) is 6.43. The standard InChI is InChI=1S/C12H22N4O/c1-2-3-5-15-6-4-14-12(15)16-7-8-17-11(9-13)10-16/h4,6,11H,2-3,5,7-10,13H2,1H3. The molecule has 0 aliphatic carbocycles. The molecule has 5 nitrogen and oxygen atoms in total. The zero-order chi connectivity index (χ0) is 12.1. The summed E-state index contributed by atoms with van der Waals surface area (Å²) in [5.41, 5.74) is 5.66. The number of anilines is 1. The van der Waals surface area contributed by atoms with Gasteiger partial charge in [-0.15, -0.1) is 0 Å². The smallest absolute Gasteiger partial charge is 0.205 e. The largest absolute Gasteiger partial charge is 0.373 e. The van der Waals surface area contributed by atoms with Gasteiger partial charge in [-0.2, -0.15) is 0 Å². The Balaban J connectivity index is 2.02. The van der Waals surface area contributed by atoms with Crippen LogP contribution in [0.4, 0.5) is 5.95 Å². The van der Waals surface area contributed by atoms with Crippen LogP contribution in [0.3, 0.4) is 0 Å². The average Bonchev–Trinajstić information content (AvgIpc) is 2.84. The summed E-state index contributed by atoms with van der Waals surface area (Å²) in [4.78, 5) is 6.73. The number of hydrogen-bond acceptors (Lipinski definition) is 4. The molecule has 17 heavy (non-hydrogen) atoms. The quantitative estimate of drug-likeness (QED) is 0.826. The number of nitrogens with two attached hydrogens (primary N) is 1. The van der Waals surface area contributed by atoms with E-state index in [9.17, 15) is 0 Å². The number of unbranched alkanes of at least 4 members (excludes halogenated alkanes) is 1. The molecule has 1 aromatic rings. The second-order valence-corrected chi connectivity index (χ2v) is 4.45. The predicted octanol–water partition coefficient (Wildman–Crippen LogP) is 0.847. The lowest BCUT2D eigenvalue weighted by Gasteiger charge is -2.33. The van der Waals surface area contributed by atoms with Gasteiger partial charge in [-0.25, -0.2) is 4.98 Å².